The SMILES string of the molecule is C1=CC2C(c3ccccc3)=CC3=C(Cc4cccc(-c5ccc(C6=NC(C7=CCC=C7)NC(c7cccc(C8=CCC=C8)c7)=C6)cc5)c43)C2C=C1. The third-order valence-corrected chi connectivity index (χ3v) is 11.2. The van der Waals surface area contributed by atoms with Crippen molar-refractivity contribution in [2.45, 2.75) is 25.4 Å². The molecule has 244 valence electrons. The van der Waals surface area contributed by atoms with Gasteiger partial charge >= 0.3 is 0 Å². The van der Waals surface area contributed by atoms with Crippen LogP contribution in [0.3, 0.4) is 0 Å². The molecule has 1 heterocycles. The zero-order chi connectivity index (χ0) is 33.7. The Morgan fingerprint density at radius 2 is 1.39 bits per heavy atom. The van der Waals surface area contributed by atoms with Gasteiger partial charge in [0, 0.05) is 17.5 Å². The molecular formula is C49H38N2. The maximum atomic E-state index is 5.26. The maximum Gasteiger partial charge on any atom is 0.145 e. The lowest BCUT2D eigenvalue weighted by Crippen LogP contribution is -2.32. The van der Waals surface area contributed by atoms with E-state index in [0.29, 0.717) is 11.8 Å². The number of fused-ring (bicyclic) bond motifs is 4. The van der Waals surface area contributed by atoms with Crippen molar-refractivity contribution in [2.24, 2.45) is 16.8 Å². The second-order valence-electron chi connectivity index (χ2n) is 14.2. The first-order valence-corrected chi connectivity index (χ1v) is 18.3. The first-order valence-electron chi connectivity index (χ1n) is 18.3. The lowest BCUT2D eigenvalue weighted by atomic mass is 9.71. The predicted octanol–water partition coefficient (Wildman–Crippen LogP) is 11.1. The highest BCUT2D eigenvalue weighted by Crippen LogP contribution is 2.52. The van der Waals surface area contributed by atoms with Gasteiger partial charge < -0.3 is 5.32 Å². The zero-order valence-corrected chi connectivity index (χ0v) is 28.5. The third kappa shape index (κ3) is 5.30. The van der Waals surface area contributed by atoms with Crippen molar-refractivity contribution >= 4 is 28.1 Å². The quantitative estimate of drug-likeness (QED) is 0.220. The second kappa shape index (κ2) is 12.4. The highest BCUT2D eigenvalue weighted by molar-refractivity contribution is 6.13. The zero-order valence-electron chi connectivity index (χ0n) is 28.5. The van der Waals surface area contributed by atoms with Gasteiger partial charge in [-0.2, -0.15) is 0 Å². The van der Waals surface area contributed by atoms with Crippen LogP contribution in [0.4, 0.5) is 0 Å². The number of aliphatic imine (C=N–C) groups is 1. The Hall–Kier alpha value is -5.99. The summed E-state index contributed by atoms with van der Waals surface area (Å²) in [5, 5.41) is 3.75. The van der Waals surface area contributed by atoms with E-state index in [4.69, 9.17) is 4.99 Å². The summed E-state index contributed by atoms with van der Waals surface area (Å²) in [6.07, 6.45) is 30.3. The molecule has 0 amide bonds. The molecule has 4 aromatic carbocycles. The van der Waals surface area contributed by atoms with Crippen LogP contribution in [0.25, 0.3) is 33.5 Å². The van der Waals surface area contributed by atoms with Crippen LogP contribution in [0.15, 0.2) is 186 Å². The van der Waals surface area contributed by atoms with Crippen molar-refractivity contribution in [2.75, 3.05) is 0 Å². The molecule has 1 N–H and O–H groups in total. The van der Waals surface area contributed by atoms with E-state index in [1.54, 1.807) is 5.57 Å². The molecule has 0 radical (unpaired) electrons. The Labute approximate surface area is 300 Å². The van der Waals surface area contributed by atoms with Crippen molar-refractivity contribution in [1.29, 1.82) is 0 Å². The van der Waals surface area contributed by atoms with Crippen molar-refractivity contribution in [3.05, 3.63) is 215 Å². The highest BCUT2D eigenvalue weighted by Gasteiger charge is 2.37. The van der Waals surface area contributed by atoms with Crippen LogP contribution in [0, 0.1) is 11.8 Å². The minimum absolute atomic E-state index is 0.125. The first kappa shape index (κ1) is 29.9. The monoisotopic (exact) mass is 654 g/mol. The van der Waals surface area contributed by atoms with Gasteiger partial charge in [-0.15, -0.1) is 0 Å². The fraction of sp³-hybridized carbons (Fsp3) is 0.122. The molecule has 1 aliphatic heterocycles. The van der Waals surface area contributed by atoms with Gasteiger partial charge in [-0.1, -0.05) is 157 Å². The van der Waals surface area contributed by atoms with Gasteiger partial charge in [0.05, 0.1) is 5.71 Å². The van der Waals surface area contributed by atoms with Gasteiger partial charge in [0.15, 0.2) is 0 Å². The summed E-state index contributed by atoms with van der Waals surface area (Å²) in [5.41, 5.74) is 19.2. The Morgan fingerprint density at radius 3 is 2.22 bits per heavy atom. The lowest BCUT2D eigenvalue weighted by Gasteiger charge is -2.33. The number of nitrogens with one attached hydrogen (secondary N) is 1. The summed E-state index contributed by atoms with van der Waals surface area (Å²) in [5.74, 6) is 0.756. The van der Waals surface area contributed by atoms with Crippen LogP contribution < -0.4 is 5.32 Å². The van der Waals surface area contributed by atoms with Crippen molar-refractivity contribution in [3.63, 3.8) is 0 Å². The fourth-order valence-corrected chi connectivity index (χ4v) is 8.68. The summed E-state index contributed by atoms with van der Waals surface area (Å²) in [7, 11) is 0. The number of allylic oxidation sites excluding steroid dienone is 15. The molecule has 4 aromatic rings. The minimum Gasteiger partial charge on any atom is -0.360 e. The van der Waals surface area contributed by atoms with Gasteiger partial charge in [-0.05, 0) is 104 Å². The molecular weight excluding hydrogens is 617 g/mol. The topological polar surface area (TPSA) is 24.4 Å². The minimum atomic E-state index is -0.125. The van der Waals surface area contributed by atoms with E-state index in [1.807, 2.05) is 0 Å². The van der Waals surface area contributed by atoms with Crippen LogP contribution >= 0.6 is 0 Å². The van der Waals surface area contributed by atoms with E-state index in [-0.39, 0.29) is 6.17 Å². The molecule has 6 aliphatic rings. The Morgan fingerprint density at radius 1 is 0.627 bits per heavy atom. The first-order chi connectivity index (χ1) is 25.3. The molecule has 2 heteroatoms. The van der Waals surface area contributed by atoms with Gasteiger partial charge in [0.2, 0.25) is 0 Å². The standard InChI is InChI=1S/C49H38N2/c1-2-14-33(15-3-1)43-30-45-44(42-22-9-8-21-41(42)43)29-39-20-11-23-40(48(39)45)34-24-26-35(27-25-34)46-31-47(51-49(50-46)36-16-6-7-17-36)38-19-10-18-37(28-38)32-12-4-5-13-32/h1-4,6,8-28,30-31,41-42,49,51H,5,7,29H2. The average Bonchev–Trinajstić information content (AvgIpc) is 4.01. The molecule has 2 nitrogen and oxygen atoms in total. The van der Waals surface area contributed by atoms with E-state index >= 15 is 0 Å². The Kier molecular flexibility index (Phi) is 7.27. The van der Waals surface area contributed by atoms with Crippen LogP contribution in [0.2, 0.25) is 0 Å². The predicted molar refractivity (Wildman–Crippen MR) is 214 cm³/mol. The normalized spacial score (nSPS) is 22.4. The van der Waals surface area contributed by atoms with Crippen LogP contribution in [-0.4, -0.2) is 11.9 Å². The molecule has 5 aliphatic carbocycles. The largest absolute Gasteiger partial charge is 0.360 e. The molecule has 10 rings (SSSR count). The molecule has 0 fully saturated rings. The van der Waals surface area contributed by atoms with E-state index in [0.717, 1.165) is 36.2 Å². The molecule has 51 heavy (non-hydrogen) atoms. The van der Waals surface area contributed by atoms with Gasteiger partial charge in [-0.3, -0.25) is 4.99 Å². The smallest absolute Gasteiger partial charge is 0.145 e. The Bertz CT molecular complexity index is 2400. The van der Waals surface area contributed by atoms with Gasteiger partial charge in [-0.25, -0.2) is 0 Å². The van der Waals surface area contributed by atoms with Crippen LogP contribution in [-0.2, 0) is 6.42 Å². The lowest BCUT2D eigenvalue weighted by molar-refractivity contribution is 0.633. The van der Waals surface area contributed by atoms with Crippen molar-refractivity contribution < 1.29 is 0 Å². The molecule has 0 saturated carbocycles. The van der Waals surface area contributed by atoms with Gasteiger partial charge in [0.25, 0.3) is 0 Å². The molecule has 3 atom stereocenters. The van der Waals surface area contributed by atoms with E-state index < -0.39 is 0 Å². The van der Waals surface area contributed by atoms with Crippen LogP contribution in [0.1, 0.15) is 46.2 Å². The molecule has 0 aromatic heterocycles. The molecule has 0 saturated heterocycles. The third-order valence-electron chi connectivity index (χ3n) is 11.2. The van der Waals surface area contributed by atoms with E-state index in [9.17, 15) is 0 Å². The molecule has 3 unspecified atom stereocenters. The molecule has 0 spiro atoms. The number of nitrogens with zero attached hydrogens (tertiary/aromatic N) is 1. The number of hydrogen-bond donors (Lipinski definition) is 1. The van der Waals surface area contributed by atoms with Gasteiger partial charge in [0.1, 0.15) is 6.17 Å². The second-order valence-corrected chi connectivity index (χ2v) is 14.2. The maximum absolute atomic E-state index is 5.26. The summed E-state index contributed by atoms with van der Waals surface area (Å²) >= 11 is 0. The fourth-order valence-electron chi connectivity index (χ4n) is 8.68. The number of benzene rings is 4. The van der Waals surface area contributed by atoms with E-state index in [2.05, 4.69) is 175 Å². The highest BCUT2D eigenvalue weighted by atomic mass is 15.1. The summed E-state index contributed by atoms with van der Waals surface area (Å²) in [6.45, 7) is 0. The molecule has 0 bridgehead atoms. The summed E-state index contributed by atoms with van der Waals surface area (Å²) in [4.78, 5) is 5.26. The van der Waals surface area contributed by atoms with Crippen molar-refractivity contribution in [1.82, 2.24) is 5.32 Å². The average molecular weight is 655 g/mol. The van der Waals surface area contributed by atoms with Crippen LogP contribution in [0.5, 0.6) is 0 Å². The van der Waals surface area contributed by atoms with E-state index in [1.165, 1.54) is 61.2 Å². The van der Waals surface area contributed by atoms with Crippen molar-refractivity contribution in [3.8, 4) is 11.1 Å². The Balaban J connectivity index is 1.02. The number of rotatable bonds is 6. The summed E-state index contributed by atoms with van der Waals surface area (Å²) in [6, 6.07) is 35.8. The summed E-state index contributed by atoms with van der Waals surface area (Å²) < 4.78 is 0. The number of hydrogen-bond acceptors (Lipinski definition) is 2.